The lowest BCUT2D eigenvalue weighted by Gasteiger charge is -2.32. The molecule has 1 aliphatic heterocycles. The molecule has 172 valence electrons. The maximum absolute atomic E-state index is 12.8. The largest absolute Gasteiger partial charge is 0.434 e. The number of halogens is 2. The Bertz CT molecular complexity index is 1110. The van der Waals surface area contributed by atoms with Crippen LogP contribution in [0.15, 0.2) is 60.0 Å². The maximum Gasteiger partial charge on any atom is 0.387 e. The van der Waals surface area contributed by atoms with Crippen molar-refractivity contribution < 1.29 is 23.1 Å². The fraction of sp³-hybridized carbons (Fsp3) is 0.292. The van der Waals surface area contributed by atoms with Crippen LogP contribution in [0, 0.1) is 5.92 Å². The highest BCUT2D eigenvalue weighted by Crippen LogP contribution is 2.33. The molecule has 0 bridgehead atoms. The molecule has 1 aliphatic rings. The molecule has 0 aliphatic carbocycles. The van der Waals surface area contributed by atoms with Gasteiger partial charge in [-0.25, -0.2) is 4.98 Å². The number of para-hydroxylation sites is 1. The number of likely N-dealkylation sites (tertiary alicyclic amines) is 1. The Morgan fingerprint density at radius 3 is 2.70 bits per heavy atom. The second-order valence-electron chi connectivity index (χ2n) is 7.74. The van der Waals surface area contributed by atoms with Gasteiger partial charge in [0.25, 0.3) is 0 Å². The van der Waals surface area contributed by atoms with Crippen molar-refractivity contribution in [2.45, 2.75) is 25.9 Å². The number of benzene rings is 2. The summed E-state index contributed by atoms with van der Waals surface area (Å²) in [6, 6.07) is 15.9. The van der Waals surface area contributed by atoms with E-state index in [4.69, 9.17) is 0 Å². The van der Waals surface area contributed by atoms with Gasteiger partial charge in [0.05, 0.1) is 18.0 Å². The van der Waals surface area contributed by atoms with Gasteiger partial charge in [-0.15, -0.1) is 11.3 Å². The van der Waals surface area contributed by atoms with Gasteiger partial charge in [-0.05, 0) is 30.5 Å². The number of thiazole rings is 1. The Hall–Kier alpha value is -3.33. The van der Waals surface area contributed by atoms with E-state index in [1.165, 1.54) is 17.4 Å². The van der Waals surface area contributed by atoms with Gasteiger partial charge in [0.1, 0.15) is 5.75 Å². The summed E-state index contributed by atoms with van der Waals surface area (Å²) in [5, 5.41) is 4.86. The van der Waals surface area contributed by atoms with Crippen LogP contribution in [0.3, 0.4) is 0 Å². The minimum Gasteiger partial charge on any atom is -0.434 e. The Balaban J connectivity index is 1.38. The van der Waals surface area contributed by atoms with Gasteiger partial charge in [-0.1, -0.05) is 42.5 Å². The Morgan fingerprint density at radius 1 is 1.15 bits per heavy atom. The molecule has 2 heterocycles. The van der Waals surface area contributed by atoms with Gasteiger partial charge < -0.3 is 15.0 Å². The molecule has 33 heavy (non-hydrogen) atoms. The van der Waals surface area contributed by atoms with Gasteiger partial charge in [0, 0.05) is 24.0 Å². The SMILES string of the molecule is O=C(Nc1nc(-c2ccccc2OC(F)F)cs1)C1CCCN(C(=O)Cc2ccccc2)C1. The summed E-state index contributed by atoms with van der Waals surface area (Å²) >= 11 is 1.21. The third kappa shape index (κ3) is 5.92. The number of anilines is 1. The first-order chi connectivity index (χ1) is 16.0. The number of amides is 2. The number of hydrogen-bond acceptors (Lipinski definition) is 5. The quantitative estimate of drug-likeness (QED) is 0.536. The number of piperidine rings is 1. The topological polar surface area (TPSA) is 71.5 Å². The Labute approximate surface area is 194 Å². The number of aromatic nitrogens is 1. The fourth-order valence-corrected chi connectivity index (χ4v) is 4.55. The lowest BCUT2D eigenvalue weighted by molar-refractivity contribution is -0.133. The summed E-state index contributed by atoms with van der Waals surface area (Å²) < 4.78 is 29.9. The molecular weight excluding hydrogens is 448 g/mol. The minimum absolute atomic E-state index is 0.00544. The zero-order valence-electron chi connectivity index (χ0n) is 17.7. The highest BCUT2D eigenvalue weighted by atomic mass is 32.1. The van der Waals surface area contributed by atoms with Crippen molar-refractivity contribution in [2.75, 3.05) is 18.4 Å². The number of nitrogens with one attached hydrogen (secondary N) is 1. The molecule has 0 spiro atoms. The molecule has 9 heteroatoms. The summed E-state index contributed by atoms with van der Waals surface area (Å²) in [6.45, 7) is -1.94. The molecular formula is C24H23F2N3O3S. The van der Waals surface area contributed by atoms with E-state index in [0.29, 0.717) is 42.3 Å². The van der Waals surface area contributed by atoms with Crippen molar-refractivity contribution in [3.05, 3.63) is 65.5 Å². The van der Waals surface area contributed by atoms with Crippen molar-refractivity contribution >= 4 is 28.3 Å². The molecule has 1 unspecified atom stereocenters. The van der Waals surface area contributed by atoms with Crippen LogP contribution >= 0.6 is 11.3 Å². The van der Waals surface area contributed by atoms with Crippen LogP contribution < -0.4 is 10.1 Å². The number of alkyl halides is 2. The molecule has 2 aromatic carbocycles. The van der Waals surface area contributed by atoms with Crippen LogP contribution in [0.25, 0.3) is 11.3 Å². The number of carbonyl (C=O) groups excluding carboxylic acids is 2. The Morgan fingerprint density at radius 2 is 1.91 bits per heavy atom. The van der Waals surface area contributed by atoms with Crippen molar-refractivity contribution in [2.24, 2.45) is 5.92 Å². The average Bonchev–Trinajstić information content (AvgIpc) is 3.28. The van der Waals surface area contributed by atoms with E-state index in [-0.39, 0.29) is 23.5 Å². The van der Waals surface area contributed by atoms with Crippen LogP contribution in [-0.4, -0.2) is 41.4 Å². The predicted octanol–water partition coefficient (Wildman–Crippen LogP) is 4.83. The first kappa shape index (κ1) is 22.8. The lowest BCUT2D eigenvalue weighted by atomic mass is 9.96. The second-order valence-corrected chi connectivity index (χ2v) is 8.60. The highest BCUT2D eigenvalue weighted by molar-refractivity contribution is 7.14. The van der Waals surface area contributed by atoms with E-state index in [1.807, 2.05) is 30.3 Å². The van der Waals surface area contributed by atoms with Crippen molar-refractivity contribution in [3.8, 4) is 17.0 Å². The first-order valence-electron chi connectivity index (χ1n) is 10.6. The molecule has 0 radical (unpaired) electrons. The van der Waals surface area contributed by atoms with Gasteiger partial charge in [-0.3, -0.25) is 9.59 Å². The third-order valence-corrected chi connectivity index (χ3v) is 6.21. The molecule has 1 fully saturated rings. The summed E-state index contributed by atoms with van der Waals surface area (Å²) in [5.41, 5.74) is 1.81. The second kappa shape index (κ2) is 10.5. The fourth-order valence-electron chi connectivity index (χ4n) is 3.84. The van der Waals surface area contributed by atoms with E-state index in [0.717, 1.165) is 12.0 Å². The van der Waals surface area contributed by atoms with E-state index in [9.17, 15) is 18.4 Å². The van der Waals surface area contributed by atoms with Gasteiger partial charge >= 0.3 is 6.61 Å². The number of rotatable bonds is 7. The van der Waals surface area contributed by atoms with Crippen LogP contribution in [0.2, 0.25) is 0 Å². The van der Waals surface area contributed by atoms with Crippen LogP contribution in [0.1, 0.15) is 18.4 Å². The average molecular weight is 472 g/mol. The summed E-state index contributed by atoms with van der Waals surface area (Å²) in [7, 11) is 0. The molecule has 1 atom stereocenters. The molecule has 4 rings (SSSR count). The van der Waals surface area contributed by atoms with Crippen molar-refractivity contribution in [3.63, 3.8) is 0 Å². The molecule has 2 amide bonds. The van der Waals surface area contributed by atoms with E-state index in [2.05, 4.69) is 15.0 Å². The van der Waals surface area contributed by atoms with Crippen molar-refractivity contribution in [1.82, 2.24) is 9.88 Å². The molecule has 6 nitrogen and oxygen atoms in total. The van der Waals surface area contributed by atoms with E-state index < -0.39 is 6.61 Å². The number of carbonyl (C=O) groups is 2. The van der Waals surface area contributed by atoms with Gasteiger partial charge in [0.2, 0.25) is 11.8 Å². The molecule has 1 aromatic heterocycles. The van der Waals surface area contributed by atoms with Crippen LogP contribution in [0.5, 0.6) is 5.75 Å². The highest BCUT2D eigenvalue weighted by Gasteiger charge is 2.29. The third-order valence-electron chi connectivity index (χ3n) is 5.46. The minimum atomic E-state index is -2.94. The smallest absolute Gasteiger partial charge is 0.387 e. The summed E-state index contributed by atoms with van der Waals surface area (Å²) in [4.78, 5) is 31.6. The zero-order chi connectivity index (χ0) is 23.2. The van der Waals surface area contributed by atoms with E-state index >= 15 is 0 Å². The number of ether oxygens (including phenoxy) is 1. The summed E-state index contributed by atoms with van der Waals surface area (Å²) in [6.07, 6.45) is 1.75. The maximum atomic E-state index is 12.8. The van der Waals surface area contributed by atoms with E-state index in [1.54, 1.807) is 28.5 Å². The number of nitrogens with zero attached hydrogens (tertiary/aromatic N) is 2. The lowest BCUT2D eigenvalue weighted by Crippen LogP contribution is -2.44. The standard InChI is InChI=1S/C24H23F2N3O3S/c25-23(26)32-20-11-5-4-10-18(20)19-15-33-24(27-19)28-22(31)17-9-6-12-29(14-17)21(30)13-16-7-2-1-3-8-16/h1-5,7-8,10-11,15,17,23H,6,9,12-14H2,(H,27,28,31). The van der Waals surface area contributed by atoms with Gasteiger partial charge in [0.15, 0.2) is 5.13 Å². The van der Waals surface area contributed by atoms with Crippen molar-refractivity contribution in [1.29, 1.82) is 0 Å². The number of hydrogen-bond donors (Lipinski definition) is 1. The molecule has 3 aromatic rings. The van der Waals surface area contributed by atoms with Crippen LogP contribution in [-0.2, 0) is 16.0 Å². The molecule has 1 N–H and O–H groups in total. The predicted molar refractivity (Wildman–Crippen MR) is 122 cm³/mol. The molecule has 0 saturated carbocycles. The van der Waals surface area contributed by atoms with Crippen LogP contribution in [0.4, 0.5) is 13.9 Å². The van der Waals surface area contributed by atoms with Gasteiger partial charge in [-0.2, -0.15) is 8.78 Å². The zero-order valence-corrected chi connectivity index (χ0v) is 18.6. The first-order valence-corrected chi connectivity index (χ1v) is 11.5. The molecule has 1 saturated heterocycles. The monoisotopic (exact) mass is 471 g/mol. The summed E-state index contributed by atoms with van der Waals surface area (Å²) in [5.74, 6) is -0.507. The Kier molecular flexibility index (Phi) is 7.29. The normalized spacial score (nSPS) is 16.0.